The molecule has 3 unspecified atom stereocenters. The third-order valence-electron chi connectivity index (χ3n) is 4.96. The number of piperidine rings is 1. The average molecular weight is 362 g/mol. The van der Waals surface area contributed by atoms with Crippen LogP contribution in [0.15, 0.2) is 24.3 Å². The number of carbonyl (C=O) groups is 2. The molecule has 0 bridgehead atoms. The quantitative estimate of drug-likeness (QED) is 0.775. The minimum Gasteiger partial charge on any atom is -0.497 e. The summed E-state index contributed by atoms with van der Waals surface area (Å²) in [6.45, 7) is 4.98. The van der Waals surface area contributed by atoms with Gasteiger partial charge in [-0.25, -0.2) is 4.79 Å². The number of carboxylic acid groups (broad SMARTS) is 1. The summed E-state index contributed by atoms with van der Waals surface area (Å²) in [6, 6.07) is 7.46. The predicted molar refractivity (Wildman–Crippen MR) is 100 cm³/mol. The van der Waals surface area contributed by atoms with Crippen molar-refractivity contribution >= 4 is 12.0 Å². The zero-order valence-electron chi connectivity index (χ0n) is 15.9. The van der Waals surface area contributed by atoms with Gasteiger partial charge in [-0.1, -0.05) is 38.8 Å². The summed E-state index contributed by atoms with van der Waals surface area (Å²) in [5, 5.41) is 12.4. The largest absolute Gasteiger partial charge is 0.497 e. The van der Waals surface area contributed by atoms with E-state index in [1.54, 1.807) is 12.0 Å². The zero-order valence-corrected chi connectivity index (χ0v) is 15.9. The van der Waals surface area contributed by atoms with Gasteiger partial charge in [0.1, 0.15) is 5.75 Å². The smallest absolute Gasteiger partial charge is 0.317 e. The molecule has 1 saturated heterocycles. The fourth-order valence-corrected chi connectivity index (χ4v) is 3.50. The highest BCUT2D eigenvalue weighted by Gasteiger charge is 2.32. The van der Waals surface area contributed by atoms with Gasteiger partial charge in [-0.15, -0.1) is 0 Å². The maximum atomic E-state index is 12.8. The molecule has 0 aliphatic carbocycles. The van der Waals surface area contributed by atoms with Gasteiger partial charge in [0.2, 0.25) is 0 Å². The Kier molecular flexibility index (Phi) is 7.30. The molecule has 2 N–H and O–H groups in total. The Hall–Kier alpha value is -2.24. The number of nitrogens with zero attached hydrogens (tertiary/aromatic N) is 1. The van der Waals surface area contributed by atoms with E-state index < -0.39 is 11.9 Å². The average Bonchev–Trinajstić information content (AvgIpc) is 2.64. The van der Waals surface area contributed by atoms with Crippen LogP contribution in [0, 0.1) is 11.8 Å². The van der Waals surface area contributed by atoms with Crippen LogP contribution in [-0.2, 0) is 4.79 Å². The molecule has 1 fully saturated rings. The summed E-state index contributed by atoms with van der Waals surface area (Å²) in [5.74, 6) is -0.347. The second-order valence-corrected chi connectivity index (χ2v) is 7.20. The molecule has 6 heteroatoms. The molecule has 1 aromatic carbocycles. The normalized spacial score (nSPS) is 21.1. The van der Waals surface area contributed by atoms with Crippen molar-refractivity contribution < 1.29 is 19.4 Å². The van der Waals surface area contributed by atoms with Crippen LogP contribution < -0.4 is 10.1 Å². The van der Waals surface area contributed by atoms with Gasteiger partial charge in [0.15, 0.2) is 0 Å². The Labute approximate surface area is 155 Å². The number of benzene rings is 1. The molecule has 144 valence electrons. The SMILES string of the molecule is CCCCC(NC(=O)N1CC(C)CC(C(=O)O)C1)c1ccc(OC)cc1. The van der Waals surface area contributed by atoms with Crippen molar-refractivity contribution in [1.29, 1.82) is 0 Å². The molecule has 3 atom stereocenters. The maximum Gasteiger partial charge on any atom is 0.317 e. The highest BCUT2D eigenvalue weighted by molar-refractivity contribution is 5.77. The molecule has 1 aliphatic rings. The summed E-state index contributed by atoms with van der Waals surface area (Å²) in [5.41, 5.74) is 1.03. The number of urea groups is 1. The van der Waals surface area contributed by atoms with E-state index in [1.165, 1.54) is 0 Å². The van der Waals surface area contributed by atoms with Crippen molar-refractivity contribution in [2.75, 3.05) is 20.2 Å². The molecule has 1 aliphatic heterocycles. The van der Waals surface area contributed by atoms with Crippen molar-refractivity contribution in [3.63, 3.8) is 0 Å². The number of nitrogens with one attached hydrogen (secondary N) is 1. The highest BCUT2D eigenvalue weighted by Crippen LogP contribution is 2.25. The molecule has 1 heterocycles. The van der Waals surface area contributed by atoms with Gasteiger partial charge in [0.25, 0.3) is 0 Å². The first-order valence-corrected chi connectivity index (χ1v) is 9.36. The van der Waals surface area contributed by atoms with E-state index in [2.05, 4.69) is 12.2 Å². The minimum absolute atomic E-state index is 0.0890. The number of aliphatic carboxylic acids is 1. The number of amides is 2. The first kappa shape index (κ1) is 20.1. The topological polar surface area (TPSA) is 78.9 Å². The van der Waals surface area contributed by atoms with Gasteiger partial charge in [-0.05, 0) is 36.5 Å². The zero-order chi connectivity index (χ0) is 19.1. The van der Waals surface area contributed by atoms with Gasteiger partial charge >= 0.3 is 12.0 Å². The number of carboxylic acids is 1. The number of unbranched alkanes of at least 4 members (excludes halogenated alkanes) is 1. The van der Waals surface area contributed by atoms with E-state index in [4.69, 9.17) is 4.74 Å². The van der Waals surface area contributed by atoms with Crippen molar-refractivity contribution in [2.45, 2.75) is 45.6 Å². The van der Waals surface area contributed by atoms with Gasteiger partial charge in [0.05, 0.1) is 19.1 Å². The van der Waals surface area contributed by atoms with Crippen molar-refractivity contribution in [2.24, 2.45) is 11.8 Å². The number of ether oxygens (including phenoxy) is 1. The van der Waals surface area contributed by atoms with E-state index in [9.17, 15) is 14.7 Å². The molecule has 1 aromatic rings. The summed E-state index contributed by atoms with van der Waals surface area (Å²) < 4.78 is 5.20. The second kappa shape index (κ2) is 9.46. The van der Waals surface area contributed by atoms with Crippen molar-refractivity contribution in [3.05, 3.63) is 29.8 Å². The Balaban J connectivity index is 2.08. The number of rotatable bonds is 7. The van der Waals surface area contributed by atoms with Crippen LogP contribution in [0.1, 0.15) is 51.1 Å². The van der Waals surface area contributed by atoms with Crippen LogP contribution in [-0.4, -0.2) is 42.2 Å². The molecule has 0 aromatic heterocycles. The number of likely N-dealkylation sites (tertiary alicyclic amines) is 1. The van der Waals surface area contributed by atoms with Crippen molar-refractivity contribution in [3.8, 4) is 5.75 Å². The van der Waals surface area contributed by atoms with E-state index in [0.29, 0.717) is 13.0 Å². The fourth-order valence-electron chi connectivity index (χ4n) is 3.50. The monoisotopic (exact) mass is 362 g/mol. The molecule has 2 amide bonds. The van der Waals surface area contributed by atoms with E-state index in [1.807, 2.05) is 31.2 Å². The Morgan fingerprint density at radius 2 is 2.00 bits per heavy atom. The Morgan fingerprint density at radius 1 is 1.31 bits per heavy atom. The maximum absolute atomic E-state index is 12.8. The van der Waals surface area contributed by atoms with E-state index in [-0.39, 0.29) is 24.5 Å². The lowest BCUT2D eigenvalue weighted by molar-refractivity contribution is -0.143. The molecule has 26 heavy (non-hydrogen) atoms. The third kappa shape index (κ3) is 5.38. The van der Waals surface area contributed by atoms with Gasteiger partial charge in [-0.2, -0.15) is 0 Å². The Morgan fingerprint density at radius 3 is 2.58 bits per heavy atom. The van der Waals surface area contributed by atoms with E-state index in [0.717, 1.165) is 30.6 Å². The van der Waals surface area contributed by atoms with Crippen LogP contribution >= 0.6 is 0 Å². The second-order valence-electron chi connectivity index (χ2n) is 7.20. The van der Waals surface area contributed by atoms with Crippen LogP contribution in [0.3, 0.4) is 0 Å². The number of carbonyl (C=O) groups excluding carboxylic acids is 1. The van der Waals surface area contributed by atoms with E-state index >= 15 is 0 Å². The molecule has 0 saturated carbocycles. The molecule has 0 radical (unpaired) electrons. The molecular weight excluding hydrogens is 332 g/mol. The molecule has 2 rings (SSSR count). The lowest BCUT2D eigenvalue weighted by Crippen LogP contribution is -2.50. The van der Waals surface area contributed by atoms with Crippen LogP contribution in [0.25, 0.3) is 0 Å². The van der Waals surface area contributed by atoms with Crippen LogP contribution in [0.2, 0.25) is 0 Å². The van der Waals surface area contributed by atoms with Gasteiger partial charge in [0, 0.05) is 13.1 Å². The number of hydrogen-bond acceptors (Lipinski definition) is 3. The third-order valence-corrected chi connectivity index (χ3v) is 4.96. The summed E-state index contributed by atoms with van der Waals surface area (Å²) >= 11 is 0. The van der Waals surface area contributed by atoms with Crippen LogP contribution in [0.4, 0.5) is 4.79 Å². The molecular formula is C20H30N2O4. The summed E-state index contributed by atoms with van der Waals surface area (Å²) in [6.07, 6.45) is 3.52. The van der Waals surface area contributed by atoms with Gasteiger partial charge in [-0.3, -0.25) is 4.79 Å². The first-order chi connectivity index (χ1) is 12.4. The lowest BCUT2D eigenvalue weighted by atomic mass is 9.90. The van der Waals surface area contributed by atoms with Gasteiger partial charge < -0.3 is 20.1 Å². The summed E-state index contributed by atoms with van der Waals surface area (Å²) in [7, 11) is 1.63. The summed E-state index contributed by atoms with van der Waals surface area (Å²) in [4.78, 5) is 25.8. The lowest BCUT2D eigenvalue weighted by Gasteiger charge is -2.35. The highest BCUT2D eigenvalue weighted by atomic mass is 16.5. The first-order valence-electron chi connectivity index (χ1n) is 9.36. The van der Waals surface area contributed by atoms with Crippen molar-refractivity contribution in [1.82, 2.24) is 10.2 Å². The minimum atomic E-state index is -0.827. The Bertz CT molecular complexity index is 602. The van der Waals surface area contributed by atoms with Crippen LogP contribution in [0.5, 0.6) is 5.75 Å². The fraction of sp³-hybridized carbons (Fsp3) is 0.600. The molecule has 0 spiro atoms. The number of methoxy groups -OCH3 is 1. The standard InChI is InChI=1S/C20H30N2O4/c1-4-5-6-18(15-7-9-17(26-3)10-8-15)21-20(25)22-12-14(2)11-16(13-22)19(23)24/h7-10,14,16,18H,4-6,11-13H2,1-3H3,(H,21,25)(H,23,24). The predicted octanol–water partition coefficient (Wildman–Crippen LogP) is 3.68. The molecule has 6 nitrogen and oxygen atoms in total. The number of hydrogen-bond donors (Lipinski definition) is 2.